The lowest BCUT2D eigenvalue weighted by atomic mass is 10.1. The number of nitrogens with one attached hydrogen (secondary N) is 1. The topological polar surface area (TPSA) is 55.2 Å². The number of aromatic nitrogens is 1. The summed E-state index contributed by atoms with van der Waals surface area (Å²) in [6.07, 6.45) is 0. The summed E-state index contributed by atoms with van der Waals surface area (Å²) in [5.74, 6) is 0.380. The van der Waals surface area contributed by atoms with Crippen LogP contribution in [-0.2, 0) is 0 Å². The second-order valence-corrected chi connectivity index (χ2v) is 3.95. The molecule has 4 heteroatoms. The summed E-state index contributed by atoms with van der Waals surface area (Å²) < 4.78 is 10.2. The Hall–Kier alpha value is -2.49. The summed E-state index contributed by atoms with van der Waals surface area (Å²) in [7, 11) is 1.63. The van der Waals surface area contributed by atoms with Crippen LogP contribution < -0.4 is 10.5 Å². The largest absolute Gasteiger partial charge is 0.497 e. The number of ether oxygens (including phenoxy) is 1. The number of H-pyrrole nitrogens is 1. The van der Waals surface area contributed by atoms with E-state index < -0.39 is 5.76 Å². The van der Waals surface area contributed by atoms with Gasteiger partial charge in [-0.1, -0.05) is 18.2 Å². The van der Waals surface area contributed by atoms with Gasteiger partial charge in [0, 0.05) is 0 Å². The molecule has 1 N–H and O–H groups in total. The summed E-state index contributed by atoms with van der Waals surface area (Å²) in [6, 6.07) is 13.3. The molecule has 0 aliphatic heterocycles. The van der Waals surface area contributed by atoms with Gasteiger partial charge in [-0.2, -0.15) is 0 Å². The molecule has 4 nitrogen and oxygen atoms in total. The molecule has 3 rings (SSSR count). The molecule has 2 aromatic carbocycles. The maximum atomic E-state index is 11.1. The van der Waals surface area contributed by atoms with E-state index in [9.17, 15) is 4.79 Å². The molecular formula is C14H11NO3. The summed E-state index contributed by atoms with van der Waals surface area (Å²) in [6.45, 7) is 0. The van der Waals surface area contributed by atoms with Gasteiger partial charge < -0.3 is 9.15 Å². The average Bonchev–Trinajstić information content (AvgIpc) is 2.78. The van der Waals surface area contributed by atoms with E-state index in [1.165, 1.54) is 0 Å². The first kappa shape index (κ1) is 10.7. The molecule has 0 fully saturated rings. The highest BCUT2D eigenvalue weighted by Gasteiger charge is 2.04. The Kier molecular flexibility index (Phi) is 2.41. The smallest absolute Gasteiger partial charge is 0.417 e. The molecule has 0 saturated heterocycles. The predicted molar refractivity (Wildman–Crippen MR) is 68.8 cm³/mol. The van der Waals surface area contributed by atoms with Crippen LogP contribution in [0.2, 0.25) is 0 Å². The number of aromatic amines is 1. The monoisotopic (exact) mass is 241 g/mol. The zero-order valence-corrected chi connectivity index (χ0v) is 9.77. The number of benzene rings is 2. The van der Waals surface area contributed by atoms with Crippen molar-refractivity contribution in [2.75, 3.05) is 7.11 Å². The molecule has 90 valence electrons. The number of fused-ring (bicyclic) bond motifs is 1. The summed E-state index contributed by atoms with van der Waals surface area (Å²) >= 11 is 0. The molecular weight excluding hydrogens is 230 g/mol. The number of hydrogen-bond donors (Lipinski definition) is 1. The van der Waals surface area contributed by atoms with Crippen molar-refractivity contribution >= 4 is 11.1 Å². The second kappa shape index (κ2) is 4.07. The molecule has 0 unspecified atom stereocenters. The van der Waals surface area contributed by atoms with Crippen molar-refractivity contribution in [3.8, 4) is 16.9 Å². The normalized spacial score (nSPS) is 10.7. The Labute approximate surface area is 103 Å². The fourth-order valence-electron chi connectivity index (χ4n) is 1.91. The summed E-state index contributed by atoms with van der Waals surface area (Å²) in [5, 5.41) is 0. The molecule has 0 bridgehead atoms. The Bertz CT molecular complexity index is 738. The van der Waals surface area contributed by atoms with Crippen LogP contribution in [0.4, 0.5) is 0 Å². The highest BCUT2D eigenvalue weighted by molar-refractivity contribution is 5.79. The van der Waals surface area contributed by atoms with Crippen LogP contribution in [0, 0.1) is 0 Å². The third-order valence-corrected chi connectivity index (χ3v) is 2.84. The average molecular weight is 241 g/mol. The Balaban J connectivity index is 2.09. The van der Waals surface area contributed by atoms with Gasteiger partial charge >= 0.3 is 5.76 Å². The molecule has 0 atom stereocenters. The van der Waals surface area contributed by atoms with E-state index in [4.69, 9.17) is 9.15 Å². The van der Waals surface area contributed by atoms with Crippen molar-refractivity contribution in [1.82, 2.24) is 4.98 Å². The molecule has 3 aromatic rings. The minimum Gasteiger partial charge on any atom is -0.497 e. The van der Waals surface area contributed by atoms with Crippen molar-refractivity contribution in [3.05, 3.63) is 53.0 Å². The predicted octanol–water partition coefficient (Wildman–Crippen LogP) is 2.80. The van der Waals surface area contributed by atoms with Crippen LogP contribution in [0.5, 0.6) is 5.75 Å². The minimum absolute atomic E-state index is 0.433. The molecule has 0 aliphatic rings. The van der Waals surface area contributed by atoms with Gasteiger partial charge in [0.25, 0.3) is 0 Å². The van der Waals surface area contributed by atoms with E-state index in [-0.39, 0.29) is 0 Å². The van der Waals surface area contributed by atoms with Crippen LogP contribution >= 0.6 is 0 Å². The van der Waals surface area contributed by atoms with Gasteiger partial charge in [-0.3, -0.25) is 4.98 Å². The van der Waals surface area contributed by atoms with E-state index in [0.29, 0.717) is 11.1 Å². The zero-order chi connectivity index (χ0) is 12.5. The van der Waals surface area contributed by atoms with Gasteiger partial charge in [0.1, 0.15) is 5.75 Å². The molecule has 1 heterocycles. The van der Waals surface area contributed by atoms with E-state index in [1.54, 1.807) is 7.11 Å². The quantitative estimate of drug-likeness (QED) is 0.750. The Morgan fingerprint density at radius 3 is 2.50 bits per heavy atom. The van der Waals surface area contributed by atoms with Crippen LogP contribution in [0.15, 0.2) is 51.7 Å². The standard InChI is InChI=1S/C14H11NO3/c1-17-11-5-2-9(3-6-11)10-4-7-12-13(8-10)18-14(16)15-12/h2-8H,1H3,(H,15,16). The highest BCUT2D eigenvalue weighted by Crippen LogP contribution is 2.24. The second-order valence-electron chi connectivity index (χ2n) is 3.95. The van der Waals surface area contributed by atoms with Crippen molar-refractivity contribution in [3.63, 3.8) is 0 Å². The Morgan fingerprint density at radius 2 is 1.78 bits per heavy atom. The van der Waals surface area contributed by atoms with Gasteiger partial charge in [0.15, 0.2) is 5.58 Å². The summed E-state index contributed by atoms with van der Waals surface area (Å²) in [4.78, 5) is 13.7. The highest BCUT2D eigenvalue weighted by atomic mass is 16.5. The maximum Gasteiger partial charge on any atom is 0.417 e. The maximum absolute atomic E-state index is 11.1. The first-order chi connectivity index (χ1) is 8.76. The third kappa shape index (κ3) is 1.78. The van der Waals surface area contributed by atoms with Gasteiger partial charge in [0.2, 0.25) is 0 Å². The lowest BCUT2D eigenvalue weighted by Crippen LogP contribution is -1.92. The number of hydrogen-bond acceptors (Lipinski definition) is 3. The van der Waals surface area contributed by atoms with Crippen molar-refractivity contribution in [2.45, 2.75) is 0 Å². The zero-order valence-electron chi connectivity index (χ0n) is 9.77. The lowest BCUT2D eigenvalue weighted by Gasteiger charge is -2.03. The van der Waals surface area contributed by atoms with Crippen molar-refractivity contribution in [1.29, 1.82) is 0 Å². The number of methoxy groups -OCH3 is 1. The molecule has 0 amide bonds. The molecule has 0 radical (unpaired) electrons. The van der Waals surface area contributed by atoms with Crippen LogP contribution in [0.1, 0.15) is 0 Å². The molecule has 18 heavy (non-hydrogen) atoms. The molecule has 1 aromatic heterocycles. The minimum atomic E-state index is -0.433. The number of oxazole rings is 1. The van der Waals surface area contributed by atoms with Gasteiger partial charge in [0.05, 0.1) is 12.6 Å². The molecule has 0 aliphatic carbocycles. The molecule has 0 spiro atoms. The summed E-state index contributed by atoms with van der Waals surface area (Å²) in [5.41, 5.74) is 3.31. The Morgan fingerprint density at radius 1 is 1.06 bits per heavy atom. The SMILES string of the molecule is COc1ccc(-c2ccc3[nH]c(=O)oc3c2)cc1. The van der Waals surface area contributed by atoms with E-state index in [0.717, 1.165) is 16.9 Å². The lowest BCUT2D eigenvalue weighted by molar-refractivity contribution is 0.415. The van der Waals surface area contributed by atoms with E-state index in [2.05, 4.69) is 4.98 Å². The van der Waals surface area contributed by atoms with E-state index >= 15 is 0 Å². The van der Waals surface area contributed by atoms with Crippen LogP contribution in [0.25, 0.3) is 22.2 Å². The van der Waals surface area contributed by atoms with Crippen molar-refractivity contribution < 1.29 is 9.15 Å². The fraction of sp³-hybridized carbons (Fsp3) is 0.0714. The fourth-order valence-corrected chi connectivity index (χ4v) is 1.91. The first-order valence-corrected chi connectivity index (χ1v) is 5.53. The van der Waals surface area contributed by atoms with Crippen LogP contribution in [-0.4, -0.2) is 12.1 Å². The van der Waals surface area contributed by atoms with Crippen LogP contribution in [0.3, 0.4) is 0 Å². The van der Waals surface area contributed by atoms with E-state index in [1.807, 2.05) is 42.5 Å². The number of rotatable bonds is 2. The van der Waals surface area contributed by atoms with Gasteiger partial charge in [-0.05, 0) is 35.4 Å². The third-order valence-electron chi connectivity index (χ3n) is 2.84. The first-order valence-electron chi connectivity index (χ1n) is 5.53. The van der Waals surface area contributed by atoms with Gasteiger partial charge in [-0.25, -0.2) is 4.79 Å². The van der Waals surface area contributed by atoms with Gasteiger partial charge in [-0.15, -0.1) is 0 Å². The van der Waals surface area contributed by atoms with Crippen molar-refractivity contribution in [2.24, 2.45) is 0 Å². The molecule has 0 saturated carbocycles.